The van der Waals surface area contributed by atoms with Gasteiger partial charge in [-0.1, -0.05) is 30.2 Å². The molecular formula is C15H20N6. The maximum absolute atomic E-state index is 4.31. The highest BCUT2D eigenvalue weighted by molar-refractivity contribution is 5.43. The topological polar surface area (TPSA) is 58.9 Å². The number of rotatable bonds is 3. The van der Waals surface area contributed by atoms with E-state index in [1.807, 2.05) is 35.0 Å². The van der Waals surface area contributed by atoms with Crippen LogP contribution in [-0.4, -0.2) is 45.9 Å². The van der Waals surface area contributed by atoms with Crippen LogP contribution in [0.2, 0.25) is 0 Å². The highest BCUT2D eigenvalue weighted by Gasteiger charge is 2.44. The van der Waals surface area contributed by atoms with E-state index in [2.05, 4.69) is 32.7 Å². The van der Waals surface area contributed by atoms with Gasteiger partial charge in [-0.15, -0.1) is 0 Å². The fourth-order valence-electron chi connectivity index (χ4n) is 3.87. The molecule has 3 heterocycles. The Bertz CT molecular complexity index is 610. The summed E-state index contributed by atoms with van der Waals surface area (Å²) in [5.41, 5.74) is 1.02. The molecule has 1 aromatic heterocycles. The number of aromatic nitrogens is 4. The third-order valence-corrected chi connectivity index (χ3v) is 4.85. The van der Waals surface area contributed by atoms with Crippen LogP contribution in [-0.2, 0) is 0 Å². The van der Waals surface area contributed by atoms with Crippen molar-refractivity contribution in [2.75, 3.05) is 24.5 Å². The van der Waals surface area contributed by atoms with Crippen molar-refractivity contribution in [1.29, 1.82) is 0 Å². The van der Waals surface area contributed by atoms with Gasteiger partial charge < -0.3 is 10.2 Å². The minimum atomic E-state index is 0.526. The Morgan fingerprint density at radius 2 is 2.10 bits per heavy atom. The first-order valence-electron chi connectivity index (χ1n) is 7.69. The molecule has 0 bridgehead atoms. The van der Waals surface area contributed by atoms with E-state index in [4.69, 9.17) is 0 Å². The van der Waals surface area contributed by atoms with Gasteiger partial charge in [0.05, 0.1) is 5.69 Å². The normalized spacial score (nSPS) is 28.0. The second-order valence-corrected chi connectivity index (χ2v) is 5.94. The van der Waals surface area contributed by atoms with Crippen molar-refractivity contribution in [3.05, 3.63) is 30.3 Å². The minimum Gasteiger partial charge on any atom is -0.336 e. The molecule has 2 aliphatic rings. The van der Waals surface area contributed by atoms with Crippen LogP contribution in [0.4, 0.5) is 5.95 Å². The molecule has 3 atom stereocenters. The molecule has 6 heteroatoms. The van der Waals surface area contributed by atoms with E-state index in [-0.39, 0.29) is 0 Å². The third kappa shape index (κ3) is 2.01. The summed E-state index contributed by atoms with van der Waals surface area (Å²) in [6.45, 7) is 5.54. The lowest BCUT2D eigenvalue weighted by atomic mass is 9.93. The third-order valence-electron chi connectivity index (χ3n) is 4.85. The number of para-hydroxylation sites is 1. The summed E-state index contributed by atoms with van der Waals surface area (Å²) in [6, 6.07) is 10.6. The predicted molar refractivity (Wildman–Crippen MR) is 80.4 cm³/mol. The monoisotopic (exact) mass is 284 g/mol. The molecule has 3 unspecified atom stereocenters. The van der Waals surface area contributed by atoms with Crippen molar-refractivity contribution >= 4 is 5.95 Å². The van der Waals surface area contributed by atoms with Crippen LogP contribution in [0.15, 0.2) is 30.3 Å². The Hall–Kier alpha value is -1.95. The van der Waals surface area contributed by atoms with Crippen molar-refractivity contribution in [2.24, 2.45) is 11.8 Å². The van der Waals surface area contributed by atoms with Crippen LogP contribution in [0.3, 0.4) is 0 Å². The van der Waals surface area contributed by atoms with E-state index in [9.17, 15) is 0 Å². The van der Waals surface area contributed by atoms with Crippen molar-refractivity contribution in [3.63, 3.8) is 0 Å². The molecule has 1 aromatic carbocycles. The lowest BCUT2D eigenvalue weighted by Crippen LogP contribution is -2.36. The number of nitrogens with one attached hydrogen (secondary N) is 1. The van der Waals surface area contributed by atoms with Crippen LogP contribution in [0.25, 0.3) is 5.69 Å². The Kier molecular flexibility index (Phi) is 3.11. The lowest BCUT2D eigenvalue weighted by molar-refractivity contribution is 0.440. The van der Waals surface area contributed by atoms with Crippen LogP contribution in [0.5, 0.6) is 0 Å². The fraction of sp³-hybridized carbons (Fsp3) is 0.533. The molecule has 2 aromatic rings. The van der Waals surface area contributed by atoms with Gasteiger partial charge in [-0.2, -0.15) is 4.68 Å². The average molecular weight is 284 g/mol. The molecule has 4 rings (SSSR count). The molecule has 0 saturated carbocycles. The van der Waals surface area contributed by atoms with Gasteiger partial charge in [0, 0.05) is 25.7 Å². The molecule has 2 fully saturated rings. The largest absolute Gasteiger partial charge is 0.336 e. The second kappa shape index (κ2) is 5.11. The smallest absolute Gasteiger partial charge is 0.250 e. The fourth-order valence-corrected chi connectivity index (χ4v) is 3.87. The highest BCUT2D eigenvalue weighted by atomic mass is 15.6. The minimum absolute atomic E-state index is 0.526. The molecule has 110 valence electrons. The van der Waals surface area contributed by atoms with Gasteiger partial charge in [0.25, 0.3) is 5.95 Å². The average Bonchev–Trinajstić information content (AvgIpc) is 3.22. The number of fused-ring (bicyclic) bond motifs is 1. The van der Waals surface area contributed by atoms with Gasteiger partial charge >= 0.3 is 0 Å². The molecule has 21 heavy (non-hydrogen) atoms. The quantitative estimate of drug-likeness (QED) is 0.914. The second-order valence-electron chi connectivity index (χ2n) is 5.94. The van der Waals surface area contributed by atoms with E-state index >= 15 is 0 Å². The van der Waals surface area contributed by atoms with Crippen LogP contribution in [0, 0.1) is 11.8 Å². The zero-order chi connectivity index (χ0) is 14.2. The number of hydrogen-bond donors (Lipinski definition) is 1. The molecule has 1 N–H and O–H groups in total. The van der Waals surface area contributed by atoms with Crippen molar-refractivity contribution < 1.29 is 0 Å². The maximum atomic E-state index is 4.31. The summed E-state index contributed by atoms with van der Waals surface area (Å²) in [5, 5.41) is 15.9. The van der Waals surface area contributed by atoms with E-state index in [0.29, 0.717) is 6.04 Å². The first-order valence-corrected chi connectivity index (χ1v) is 7.69. The number of benzene rings is 1. The Balaban J connectivity index is 1.70. The Morgan fingerprint density at radius 1 is 1.24 bits per heavy atom. The summed E-state index contributed by atoms with van der Waals surface area (Å²) >= 11 is 0. The van der Waals surface area contributed by atoms with E-state index in [0.717, 1.165) is 49.5 Å². The summed E-state index contributed by atoms with van der Waals surface area (Å²) in [6.07, 6.45) is 1.13. The van der Waals surface area contributed by atoms with Crippen molar-refractivity contribution in [1.82, 2.24) is 25.5 Å². The molecule has 0 aliphatic carbocycles. The van der Waals surface area contributed by atoms with E-state index in [1.165, 1.54) is 0 Å². The molecule has 0 spiro atoms. The standard InChI is InChI=1S/C15H20N6/c1-2-14-13-9-16-8-11(13)10-20(14)15-17-18-19-21(15)12-6-4-3-5-7-12/h3-7,11,13-14,16H,2,8-10H2,1H3. The van der Waals surface area contributed by atoms with Crippen LogP contribution in [0.1, 0.15) is 13.3 Å². The predicted octanol–water partition coefficient (Wildman–Crippen LogP) is 1.10. The number of nitrogens with zero attached hydrogens (tertiary/aromatic N) is 5. The molecular weight excluding hydrogens is 264 g/mol. The molecule has 6 nitrogen and oxygen atoms in total. The van der Waals surface area contributed by atoms with E-state index < -0.39 is 0 Å². The summed E-state index contributed by atoms with van der Waals surface area (Å²) < 4.78 is 1.86. The summed E-state index contributed by atoms with van der Waals surface area (Å²) in [7, 11) is 0. The number of anilines is 1. The van der Waals surface area contributed by atoms with Crippen molar-refractivity contribution in [2.45, 2.75) is 19.4 Å². The zero-order valence-electron chi connectivity index (χ0n) is 12.2. The summed E-state index contributed by atoms with van der Waals surface area (Å²) in [5.74, 6) is 2.31. The van der Waals surface area contributed by atoms with Gasteiger partial charge in [0.2, 0.25) is 0 Å². The van der Waals surface area contributed by atoms with Gasteiger partial charge in [-0.05, 0) is 40.8 Å². The SMILES string of the molecule is CCC1C2CNCC2CN1c1nnnn1-c1ccccc1. The zero-order valence-corrected chi connectivity index (χ0v) is 12.2. The van der Waals surface area contributed by atoms with Crippen LogP contribution < -0.4 is 10.2 Å². The summed E-state index contributed by atoms with van der Waals surface area (Å²) in [4.78, 5) is 2.41. The first kappa shape index (κ1) is 12.8. The Morgan fingerprint density at radius 3 is 2.90 bits per heavy atom. The molecule has 2 aliphatic heterocycles. The maximum Gasteiger partial charge on any atom is 0.250 e. The van der Waals surface area contributed by atoms with Crippen LogP contribution >= 0.6 is 0 Å². The Labute approximate surface area is 124 Å². The van der Waals surface area contributed by atoms with Crippen molar-refractivity contribution in [3.8, 4) is 5.69 Å². The van der Waals surface area contributed by atoms with Gasteiger partial charge in [-0.25, -0.2) is 0 Å². The molecule has 0 radical (unpaired) electrons. The van der Waals surface area contributed by atoms with E-state index in [1.54, 1.807) is 0 Å². The highest BCUT2D eigenvalue weighted by Crippen LogP contribution is 2.36. The number of hydrogen-bond acceptors (Lipinski definition) is 5. The molecule has 2 saturated heterocycles. The molecule has 0 amide bonds. The van der Waals surface area contributed by atoms with Gasteiger partial charge in [0.15, 0.2) is 0 Å². The van der Waals surface area contributed by atoms with Gasteiger partial charge in [-0.3, -0.25) is 0 Å². The number of tetrazole rings is 1. The lowest BCUT2D eigenvalue weighted by Gasteiger charge is -2.27. The first-order chi connectivity index (χ1) is 10.4. The van der Waals surface area contributed by atoms with Gasteiger partial charge in [0.1, 0.15) is 0 Å².